The second-order valence-corrected chi connectivity index (χ2v) is 11.2. The van der Waals surface area contributed by atoms with Crippen molar-refractivity contribution in [2.45, 2.75) is 32.9 Å². The largest absolute Gasteiger partial charge is 0.294 e. The molecule has 3 nitrogen and oxygen atoms in total. The summed E-state index contributed by atoms with van der Waals surface area (Å²) in [6, 6.07) is 30.5. The first-order valence-corrected chi connectivity index (χ1v) is 14.6. The van der Waals surface area contributed by atoms with Gasteiger partial charge >= 0.3 is 0 Å². The van der Waals surface area contributed by atoms with Crippen LogP contribution in [0.1, 0.15) is 29.2 Å². The Morgan fingerprint density at radius 1 is 0.703 bits per heavy atom. The van der Waals surface area contributed by atoms with Gasteiger partial charge in [0.2, 0.25) is 0 Å². The van der Waals surface area contributed by atoms with Gasteiger partial charge in [0.25, 0.3) is 0 Å². The molecule has 1 heterocycles. The van der Waals surface area contributed by atoms with Gasteiger partial charge in [0.15, 0.2) is 0 Å². The predicted molar refractivity (Wildman–Crippen MR) is 159 cm³/mol. The molecule has 0 spiro atoms. The van der Waals surface area contributed by atoms with E-state index in [0.717, 1.165) is 43.1 Å². The molecule has 6 rings (SSSR count). The minimum atomic E-state index is 0.540. The van der Waals surface area contributed by atoms with E-state index in [2.05, 4.69) is 96.8 Å². The summed E-state index contributed by atoms with van der Waals surface area (Å²) in [6.07, 6.45) is 1.93. The Kier molecular flexibility index (Phi) is 6.70. The summed E-state index contributed by atoms with van der Waals surface area (Å²) >= 11 is 0. The fourth-order valence-corrected chi connectivity index (χ4v) is 7.08. The van der Waals surface area contributed by atoms with Gasteiger partial charge in [-0.3, -0.25) is 15.2 Å². The van der Waals surface area contributed by atoms with Crippen LogP contribution in [0.4, 0.5) is 0 Å². The molecule has 5 aromatic rings. The van der Waals surface area contributed by atoms with Gasteiger partial charge in [0, 0.05) is 47.0 Å². The summed E-state index contributed by atoms with van der Waals surface area (Å²) < 4.78 is 0. The van der Waals surface area contributed by atoms with Crippen LogP contribution in [0, 0.1) is 10.3 Å². The molecule has 0 saturated heterocycles. The number of fused-ring (bicyclic) bond motifs is 3. The van der Waals surface area contributed by atoms with Crippen molar-refractivity contribution in [3.63, 3.8) is 0 Å². The average Bonchev–Trinajstić information content (AvgIpc) is 2.95. The third-order valence-corrected chi connectivity index (χ3v) is 8.98. The van der Waals surface area contributed by atoms with Gasteiger partial charge in [-0.25, -0.2) is 0 Å². The molecule has 5 aromatic carbocycles. The average molecular weight is 518 g/mol. The van der Waals surface area contributed by atoms with Crippen LogP contribution >= 0.6 is 16.7 Å². The van der Waals surface area contributed by atoms with Crippen LogP contribution in [0.3, 0.4) is 0 Å². The Labute approximate surface area is 221 Å². The third-order valence-electron chi connectivity index (χ3n) is 7.70. The van der Waals surface area contributed by atoms with E-state index < -0.39 is 0 Å². The summed E-state index contributed by atoms with van der Waals surface area (Å²) in [5, 5.41) is 23.8. The summed E-state index contributed by atoms with van der Waals surface area (Å²) in [5.41, 5.74) is 7.89. The van der Waals surface area contributed by atoms with E-state index in [9.17, 15) is 0 Å². The summed E-state index contributed by atoms with van der Waals surface area (Å²) in [4.78, 5) is 2.55. The first kappa shape index (κ1) is 24.1. The van der Waals surface area contributed by atoms with Gasteiger partial charge in [-0.1, -0.05) is 79.7 Å². The number of hydrogen-bond donors (Lipinski definition) is 2. The highest BCUT2D eigenvalue weighted by atomic mass is 31.1. The van der Waals surface area contributed by atoms with Crippen molar-refractivity contribution in [2.75, 3.05) is 6.54 Å². The monoisotopic (exact) mass is 517 g/mol. The zero-order chi connectivity index (χ0) is 25.4. The van der Waals surface area contributed by atoms with Crippen LogP contribution in [0.15, 0.2) is 84.9 Å². The molecule has 1 aliphatic heterocycles. The molecule has 0 aromatic heterocycles. The van der Waals surface area contributed by atoms with Crippen LogP contribution in [0.25, 0.3) is 32.7 Å². The van der Waals surface area contributed by atoms with Crippen LogP contribution in [-0.2, 0) is 25.9 Å². The molecule has 182 valence electrons. The first-order chi connectivity index (χ1) is 18.2. The maximum absolute atomic E-state index is 8.52. The van der Waals surface area contributed by atoms with E-state index in [1.165, 1.54) is 54.9 Å². The van der Waals surface area contributed by atoms with Gasteiger partial charge in [-0.15, -0.1) is 0 Å². The highest BCUT2D eigenvalue weighted by Crippen LogP contribution is 2.40. The van der Waals surface area contributed by atoms with Gasteiger partial charge in [0.05, 0.1) is 0 Å². The molecule has 0 fully saturated rings. The van der Waals surface area contributed by atoms with Crippen molar-refractivity contribution in [3.8, 4) is 11.1 Å². The van der Waals surface area contributed by atoms with Gasteiger partial charge in [-0.05, 0) is 79.9 Å². The lowest BCUT2D eigenvalue weighted by Crippen LogP contribution is -2.31. The van der Waals surface area contributed by atoms with Crippen LogP contribution in [0.5, 0.6) is 0 Å². The topological polar surface area (TPSA) is 50.9 Å². The molecule has 0 bridgehead atoms. The van der Waals surface area contributed by atoms with E-state index in [-0.39, 0.29) is 0 Å². The third kappa shape index (κ3) is 4.32. The lowest BCUT2D eigenvalue weighted by atomic mass is 9.86. The van der Waals surface area contributed by atoms with Gasteiger partial charge in [-0.2, -0.15) is 0 Å². The molecule has 0 aliphatic carbocycles. The predicted octanol–water partition coefficient (Wildman–Crippen LogP) is 8.45. The summed E-state index contributed by atoms with van der Waals surface area (Å²) in [7, 11) is 1.09. The number of benzene rings is 5. The Bertz CT molecular complexity index is 1670. The van der Waals surface area contributed by atoms with E-state index in [0.29, 0.717) is 16.7 Å². The molecule has 0 amide bonds. The van der Waals surface area contributed by atoms with E-state index >= 15 is 0 Å². The fourth-order valence-electron chi connectivity index (χ4n) is 5.95. The van der Waals surface area contributed by atoms with E-state index in [1.807, 2.05) is 0 Å². The zero-order valence-corrected chi connectivity index (χ0v) is 22.7. The SMILES string of the molecule is CCc1c(P=N)cc2ccccc2c1-c1c(CN2CCc3ccccc3C2)c(P=N)cc2ccccc12. The molecule has 37 heavy (non-hydrogen) atoms. The second kappa shape index (κ2) is 10.3. The Morgan fingerprint density at radius 2 is 1.24 bits per heavy atom. The normalized spacial score (nSPS) is 14.0. The molecule has 0 atom stereocenters. The Morgan fingerprint density at radius 3 is 1.86 bits per heavy atom. The highest BCUT2D eigenvalue weighted by Gasteiger charge is 2.24. The van der Waals surface area contributed by atoms with Crippen LogP contribution in [0.2, 0.25) is 0 Å². The van der Waals surface area contributed by atoms with Gasteiger partial charge < -0.3 is 0 Å². The quantitative estimate of drug-likeness (QED) is 0.218. The minimum absolute atomic E-state index is 0.540. The maximum Gasteiger partial charge on any atom is 0.0356 e. The number of hydrogen-bond acceptors (Lipinski definition) is 3. The molecule has 0 saturated carbocycles. The minimum Gasteiger partial charge on any atom is -0.294 e. The highest BCUT2D eigenvalue weighted by molar-refractivity contribution is 7.35. The zero-order valence-electron chi connectivity index (χ0n) is 21.0. The molecule has 0 unspecified atom stereocenters. The second-order valence-electron chi connectivity index (χ2n) is 9.75. The first-order valence-electron chi connectivity index (χ1n) is 12.9. The van der Waals surface area contributed by atoms with Crippen molar-refractivity contribution in [1.82, 2.24) is 4.90 Å². The van der Waals surface area contributed by atoms with Crippen molar-refractivity contribution in [3.05, 3.63) is 107 Å². The molecule has 0 radical (unpaired) electrons. The Balaban J connectivity index is 1.65. The van der Waals surface area contributed by atoms with Crippen LogP contribution in [-0.4, -0.2) is 11.4 Å². The number of nitrogens with zero attached hydrogens (tertiary/aromatic N) is 1. The van der Waals surface area contributed by atoms with E-state index in [1.54, 1.807) is 0 Å². The molecular weight excluding hydrogens is 488 g/mol. The standard InChI is InChI=1S/C32H29N3P2/c1-2-25-29(36-33)17-22-10-5-7-13-26(22)31(25)32-27-14-8-6-11-23(27)18-30(37-34)28(32)20-35-16-15-21-9-3-4-12-24(21)19-35/h3-14,17-18,33-34H,2,15-16,19-20H2,1H3. The molecule has 2 N–H and O–H groups in total. The number of nitrogens with one attached hydrogen (secondary N) is 2. The molecule has 1 aliphatic rings. The fraction of sp³-hybridized carbons (Fsp3) is 0.188. The van der Waals surface area contributed by atoms with Crippen molar-refractivity contribution in [2.24, 2.45) is 0 Å². The smallest absolute Gasteiger partial charge is 0.0356 e. The summed E-state index contributed by atoms with van der Waals surface area (Å²) in [5.74, 6) is 0. The van der Waals surface area contributed by atoms with Crippen LogP contribution < -0.4 is 10.6 Å². The van der Waals surface area contributed by atoms with Crippen molar-refractivity contribution in [1.29, 1.82) is 10.3 Å². The molecule has 5 heteroatoms. The lowest BCUT2D eigenvalue weighted by Gasteiger charge is -2.31. The Hall–Kier alpha value is -3.22. The maximum atomic E-state index is 8.52. The number of rotatable bonds is 6. The van der Waals surface area contributed by atoms with Crippen molar-refractivity contribution < 1.29 is 0 Å². The lowest BCUT2D eigenvalue weighted by molar-refractivity contribution is 0.246. The van der Waals surface area contributed by atoms with E-state index in [4.69, 9.17) is 10.3 Å². The van der Waals surface area contributed by atoms with Crippen molar-refractivity contribution >= 4 is 48.9 Å². The summed E-state index contributed by atoms with van der Waals surface area (Å²) in [6.45, 7) is 4.97. The molecular formula is C32H29N3P2. The van der Waals surface area contributed by atoms with Gasteiger partial charge in [0.1, 0.15) is 0 Å².